The first kappa shape index (κ1) is 12.0. The lowest BCUT2D eigenvalue weighted by Crippen LogP contribution is -2.22. The molecule has 0 atom stereocenters. The zero-order valence-corrected chi connectivity index (χ0v) is 9.57. The highest BCUT2D eigenvalue weighted by atomic mass is 16.5. The fourth-order valence-corrected chi connectivity index (χ4v) is 1.38. The first-order valence-corrected chi connectivity index (χ1v) is 5.33. The SMILES string of the molecule is CCOCCN(C)Cc1ccc(N)cc1. The number of ether oxygens (including phenoxy) is 1. The Morgan fingerprint density at radius 3 is 2.53 bits per heavy atom. The van der Waals surface area contributed by atoms with Crippen LogP contribution in [0.1, 0.15) is 12.5 Å². The summed E-state index contributed by atoms with van der Waals surface area (Å²) in [5.41, 5.74) is 7.72. The third-order valence-electron chi connectivity index (χ3n) is 2.25. The van der Waals surface area contributed by atoms with Crippen LogP contribution in [0.15, 0.2) is 24.3 Å². The zero-order valence-electron chi connectivity index (χ0n) is 9.57. The van der Waals surface area contributed by atoms with Gasteiger partial charge in [-0.1, -0.05) is 12.1 Å². The lowest BCUT2D eigenvalue weighted by atomic mass is 10.2. The minimum atomic E-state index is 0.787. The Labute approximate surface area is 91.8 Å². The first-order chi connectivity index (χ1) is 7.22. The van der Waals surface area contributed by atoms with E-state index in [1.807, 2.05) is 19.1 Å². The molecule has 2 N–H and O–H groups in total. The average molecular weight is 208 g/mol. The number of nitrogens with two attached hydrogens (primary N) is 1. The van der Waals surface area contributed by atoms with E-state index in [2.05, 4.69) is 24.1 Å². The molecule has 3 heteroatoms. The summed E-state index contributed by atoms with van der Waals surface area (Å²) in [4.78, 5) is 2.24. The van der Waals surface area contributed by atoms with E-state index in [0.29, 0.717) is 0 Å². The van der Waals surface area contributed by atoms with Crippen LogP contribution in [0.25, 0.3) is 0 Å². The summed E-state index contributed by atoms with van der Waals surface area (Å²) in [6, 6.07) is 8.00. The Morgan fingerprint density at radius 2 is 1.93 bits per heavy atom. The van der Waals surface area contributed by atoms with Gasteiger partial charge in [0, 0.05) is 25.4 Å². The van der Waals surface area contributed by atoms with Gasteiger partial charge in [-0.05, 0) is 31.7 Å². The second-order valence-electron chi connectivity index (χ2n) is 3.68. The molecule has 0 amide bonds. The van der Waals surface area contributed by atoms with E-state index < -0.39 is 0 Å². The van der Waals surface area contributed by atoms with Crippen molar-refractivity contribution in [2.75, 3.05) is 32.5 Å². The van der Waals surface area contributed by atoms with Crippen LogP contribution >= 0.6 is 0 Å². The molecule has 0 heterocycles. The highest BCUT2D eigenvalue weighted by molar-refractivity contribution is 5.39. The maximum absolute atomic E-state index is 5.62. The molecule has 0 fully saturated rings. The molecule has 15 heavy (non-hydrogen) atoms. The predicted octanol–water partition coefficient (Wildman–Crippen LogP) is 1.74. The summed E-state index contributed by atoms with van der Waals surface area (Å²) < 4.78 is 5.30. The van der Waals surface area contributed by atoms with Crippen LogP contribution in [0, 0.1) is 0 Å². The number of hydrogen-bond donors (Lipinski definition) is 1. The van der Waals surface area contributed by atoms with Gasteiger partial charge in [0.25, 0.3) is 0 Å². The first-order valence-electron chi connectivity index (χ1n) is 5.33. The molecule has 84 valence electrons. The summed E-state index contributed by atoms with van der Waals surface area (Å²) in [5.74, 6) is 0. The molecule has 0 aliphatic heterocycles. The smallest absolute Gasteiger partial charge is 0.0593 e. The van der Waals surface area contributed by atoms with E-state index in [1.165, 1.54) is 5.56 Å². The highest BCUT2D eigenvalue weighted by Crippen LogP contribution is 2.07. The summed E-state index contributed by atoms with van der Waals surface area (Å²) >= 11 is 0. The third kappa shape index (κ3) is 4.81. The summed E-state index contributed by atoms with van der Waals surface area (Å²) in [7, 11) is 2.09. The van der Waals surface area contributed by atoms with Gasteiger partial charge in [-0.2, -0.15) is 0 Å². The Morgan fingerprint density at radius 1 is 1.27 bits per heavy atom. The summed E-state index contributed by atoms with van der Waals surface area (Å²) in [6.07, 6.45) is 0. The van der Waals surface area contributed by atoms with Gasteiger partial charge in [-0.3, -0.25) is 4.90 Å². The minimum Gasteiger partial charge on any atom is -0.399 e. The van der Waals surface area contributed by atoms with Gasteiger partial charge in [0.05, 0.1) is 6.61 Å². The van der Waals surface area contributed by atoms with Crippen LogP contribution in [-0.4, -0.2) is 31.7 Å². The zero-order chi connectivity index (χ0) is 11.1. The van der Waals surface area contributed by atoms with Crippen LogP contribution < -0.4 is 5.73 Å². The fraction of sp³-hybridized carbons (Fsp3) is 0.500. The standard InChI is InChI=1S/C12H20N2O/c1-3-15-9-8-14(2)10-11-4-6-12(13)7-5-11/h4-7H,3,8-10,13H2,1-2H3. The Hall–Kier alpha value is -1.06. The molecule has 1 aromatic carbocycles. The van der Waals surface area contributed by atoms with Crippen molar-refractivity contribution in [3.05, 3.63) is 29.8 Å². The quantitative estimate of drug-likeness (QED) is 0.571. The van der Waals surface area contributed by atoms with Gasteiger partial charge < -0.3 is 10.5 Å². The van der Waals surface area contributed by atoms with Gasteiger partial charge in [0.15, 0.2) is 0 Å². The van der Waals surface area contributed by atoms with E-state index in [1.54, 1.807) is 0 Å². The highest BCUT2D eigenvalue weighted by Gasteiger charge is 1.99. The van der Waals surface area contributed by atoms with E-state index in [-0.39, 0.29) is 0 Å². The van der Waals surface area contributed by atoms with Crippen molar-refractivity contribution < 1.29 is 4.74 Å². The molecule has 1 rings (SSSR count). The number of likely N-dealkylation sites (N-methyl/N-ethyl adjacent to an activating group) is 1. The van der Waals surface area contributed by atoms with Crippen LogP contribution in [0.3, 0.4) is 0 Å². The molecular weight excluding hydrogens is 188 g/mol. The van der Waals surface area contributed by atoms with Gasteiger partial charge in [-0.25, -0.2) is 0 Å². The lowest BCUT2D eigenvalue weighted by molar-refractivity contribution is 0.120. The van der Waals surface area contributed by atoms with Crippen molar-refractivity contribution in [1.29, 1.82) is 0 Å². The van der Waals surface area contributed by atoms with Crippen LogP contribution in [0.4, 0.5) is 5.69 Å². The summed E-state index contributed by atoms with van der Waals surface area (Å²) in [5, 5.41) is 0. The van der Waals surface area contributed by atoms with Gasteiger partial charge in [0.1, 0.15) is 0 Å². The normalized spacial score (nSPS) is 10.9. The van der Waals surface area contributed by atoms with Gasteiger partial charge in [0.2, 0.25) is 0 Å². The van der Waals surface area contributed by atoms with Gasteiger partial charge in [-0.15, -0.1) is 0 Å². The van der Waals surface area contributed by atoms with Crippen molar-refractivity contribution in [1.82, 2.24) is 4.90 Å². The predicted molar refractivity (Wildman–Crippen MR) is 63.7 cm³/mol. The van der Waals surface area contributed by atoms with Crippen molar-refractivity contribution in [3.8, 4) is 0 Å². The fourth-order valence-electron chi connectivity index (χ4n) is 1.38. The number of benzene rings is 1. The maximum atomic E-state index is 5.62. The molecule has 0 saturated heterocycles. The Balaban J connectivity index is 2.31. The maximum Gasteiger partial charge on any atom is 0.0593 e. The molecule has 0 saturated carbocycles. The van der Waals surface area contributed by atoms with Crippen LogP contribution in [0.2, 0.25) is 0 Å². The molecule has 0 aliphatic rings. The number of nitrogen functional groups attached to an aromatic ring is 1. The number of hydrogen-bond acceptors (Lipinski definition) is 3. The topological polar surface area (TPSA) is 38.5 Å². The van der Waals surface area contributed by atoms with E-state index in [4.69, 9.17) is 10.5 Å². The second kappa shape index (κ2) is 6.43. The van der Waals surface area contributed by atoms with Gasteiger partial charge >= 0.3 is 0 Å². The largest absolute Gasteiger partial charge is 0.399 e. The van der Waals surface area contributed by atoms with Crippen molar-refractivity contribution in [2.45, 2.75) is 13.5 Å². The molecule has 3 nitrogen and oxygen atoms in total. The van der Waals surface area contributed by atoms with Crippen molar-refractivity contribution in [2.24, 2.45) is 0 Å². The monoisotopic (exact) mass is 208 g/mol. The van der Waals surface area contributed by atoms with E-state index in [9.17, 15) is 0 Å². The summed E-state index contributed by atoms with van der Waals surface area (Å²) in [6.45, 7) is 5.49. The molecule has 0 aliphatic carbocycles. The molecule has 1 aromatic rings. The molecule has 0 bridgehead atoms. The Kier molecular flexibility index (Phi) is 5.15. The number of anilines is 1. The number of rotatable bonds is 6. The minimum absolute atomic E-state index is 0.787. The van der Waals surface area contributed by atoms with E-state index >= 15 is 0 Å². The third-order valence-corrected chi connectivity index (χ3v) is 2.25. The average Bonchev–Trinajstić information content (AvgIpc) is 2.22. The van der Waals surface area contributed by atoms with Crippen molar-refractivity contribution >= 4 is 5.69 Å². The molecule has 0 unspecified atom stereocenters. The molecule has 0 radical (unpaired) electrons. The Bertz CT molecular complexity index is 271. The molecule has 0 aromatic heterocycles. The van der Waals surface area contributed by atoms with Crippen LogP contribution in [-0.2, 0) is 11.3 Å². The van der Waals surface area contributed by atoms with E-state index in [0.717, 1.165) is 32.0 Å². The molecule has 0 spiro atoms. The molecular formula is C12H20N2O. The number of nitrogens with zero attached hydrogens (tertiary/aromatic N) is 1. The lowest BCUT2D eigenvalue weighted by Gasteiger charge is -2.16. The van der Waals surface area contributed by atoms with Crippen LogP contribution in [0.5, 0.6) is 0 Å². The van der Waals surface area contributed by atoms with Crippen molar-refractivity contribution in [3.63, 3.8) is 0 Å². The second-order valence-corrected chi connectivity index (χ2v) is 3.68.